The Labute approximate surface area is 172 Å². The largest absolute Gasteiger partial charge is 0.359 e. The van der Waals surface area contributed by atoms with Gasteiger partial charge in [-0.1, -0.05) is 25.1 Å². The Balaban J connectivity index is 1.76. The quantitative estimate of drug-likeness (QED) is 0.357. The Bertz CT molecular complexity index is 1130. The number of carbonyl (C=O) groups is 1. The van der Waals surface area contributed by atoms with Crippen molar-refractivity contribution >= 4 is 17.2 Å². The number of halogens is 1. The molecule has 1 fully saturated rings. The van der Waals surface area contributed by atoms with Gasteiger partial charge in [0.05, 0.1) is 11.0 Å². The first kappa shape index (κ1) is 19.8. The molecule has 1 saturated heterocycles. The first-order chi connectivity index (χ1) is 14.4. The molecular weight excluding hydrogens is 387 g/mol. The first-order valence-corrected chi connectivity index (χ1v) is 9.68. The third-order valence-electron chi connectivity index (χ3n) is 5.54. The normalized spacial score (nSPS) is 18.6. The molecule has 1 aliphatic rings. The maximum atomic E-state index is 14.5. The van der Waals surface area contributed by atoms with Gasteiger partial charge >= 0.3 is 0 Å². The number of aromatic nitrogens is 2. The van der Waals surface area contributed by atoms with Crippen LogP contribution in [0.2, 0.25) is 0 Å². The highest BCUT2D eigenvalue weighted by molar-refractivity contribution is 6.07. The van der Waals surface area contributed by atoms with E-state index in [1.807, 2.05) is 11.8 Å². The predicted octanol–water partition coefficient (Wildman–Crippen LogP) is 4.29. The molecule has 4 rings (SSSR count). The highest BCUT2D eigenvalue weighted by atomic mass is 19.1. The highest BCUT2D eigenvalue weighted by Gasteiger charge is 2.36. The highest BCUT2D eigenvalue weighted by Crippen LogP contribution is 2.43. The number of nitro groups is 1. The summed E-state index contributed by atoms with van der Waals surface area (Å²) in [6.45, 7) is 2.60. The summed E-state index contributed by atoms with van der Waals surface area (Å²) in [7, 11) is 1.69. The molecule has 2 unspecified atom stereocenters. The third kappa shape index (κ3) is 3.45. The van der Waals surface area contributed by atoms with Crippen molar-refractivity contribution in [3.05, 3.63) is 87.7 Å². The van der Waals surface area contributed by atoms with Gasteiger partial charge in [-0.15, -0.1) is 0 Å². The Kier molecular flexibility index (Phi) is 5.07. The van der Waals surface area contributed by atoms with Crippen molar-refractivity contribution in [3.8, 4) is 0 Å². The van der Waals surface area contributed by atoms with Gasteiger partial charge < -0.3 is 9.47 Å². The van der Waals surface area contributed by atoms with Crippen LogP contribution < -0.4 is 4.90 Å². The minimum absolute atomic E-state index is 0.175. The van der Waals surface area contributed by atoms with Gasteiger partial charge in [0.25, 0.3) is 5.69 Å². The van der Waals surface area contributed by atoms with Crippen molar-refractivity contribution in [2.45, 2.75) is 19.4 Å². The van der Waals surface area contributed by atoms with Gasteiger partial charge in [0.1, 0.15) is 11.5 Å². The molecule has 0 bridgehead atoms. The van der Waals surface area contributed by atoms with E-state index in [4.69, 9.17) is 0 Å². The van der Waals surface area contributed by atoms with Gasteiger partial charge in [-0.2, -0.15) is 0 Å². The van der Waals surface area contributed by atoms with E-state index >= 15 is 0 Å². The molecule has 0 radical (unpaired) electrons. The second kappa shape index (κ2) is 7.70. The van der Waals surface area contributed by atoms with E-state index in [9.17, 15) is 19.3 Å². The molecule has 0 amide bonds. The Morgan fingerprint density at radius 1 is 1.27 bits per heavy atom. The lowest BCUT2D eigenvalue weighted by Gasteiger charge is -2.27. The van der Waals surface area contributed by atoms with Crippen LogP contribution in [0.25, 0.3) is 0 Å². The molecule has 3 aromatic rings. The van der Waals surface area contributed by atoms with Gasteiger partial charge in [0, 0.05) is 43.2 Å². The Hall–Kier alpha value is -3.55. The zero-order chi connectivity index (χ0) is 21.4. The molecule has 0 spiro atoms. The minimum atomic E-state index is -0.494. The lowest BCUT2D eigenvalue weighted by molar-refractivity contribution is -0.384. The molecule has 8 heteroatoms. The number of rotatable bonds is 5. The van der Waals surface area contributed by atoms with Crippen molar-refractivity contribution in [3.63, 3.8) is 0 Å². The number of hydrogen-bond acceptors (Lipinski definition) is 5. The molecule has 154 valence electrons. The summed E-state index contributed by atoms with van der Waals surface area (Å²) in [5.74, 6) is -0.275. The molecule has 7 nitrogen and oxygen atoms in total. The fourth-order valence-corrected chi connectivity index (χ4v) is 4.12. The van der Waals surface area contributed by atoms with Gasteiger partial charge in [-0.05, 0) is 30.5 Å². The van der Waals surface area contributed by atoms with Crippen molar-refractivity contribution < 1.29 is 14.1 Å². The topological polar surface area (TPSA) is 81.3 Å². The number of aryl methyl sites for hydroxylation is 1. The zero-order valence-electron chi connectivity index (χ0n) is 16.7. The molecule has 0 saturated carbocycles. The van der Waals surface area contributed by atoms with Crippen molar-refractivity contribution in [1.82, 2.24) is 9.55 Å². The van der Waals surface area contributed by atoms with Crippen molar-refractivity contribution in [1.29, 1.82) is 0 Å². The molecule has 1 aromatic heterocycles. The summed E-state index contributed by atoms with van der Waals surface area (Å²) in [5.41, 5.74) is 0.915. The van der Waals surface area contributed by atoms with Crippen LogP contribution >= 0.6 is 0 Å². The van der Waals surface area contributed by atoms with Crippen LogP contribution in [-0.2, 0) is 7.05 Å². The maximum Gasteiger partial charge on any atom is 0.293 e. The van der Waals surface area contributed by atoms with Crippen LogP contribution in [0.1, 0.15) is 41.1 Å². The Morgan fingerprint density at radius 2 is 2.03 bits per heavy atom. The second-order valence-electron chi connectivity index (χ2n) is 7.68. The molecule has 0 aliphatic carbocycles. The van der Waals surface area contributed by atoms with E-state index in [2.05, 4.69) is 4.98 Å². The van der Waals surface area contributed by atoms with Gasteiger partial charge in [0.15, 0.2) is 5.82 Å². The van der Waals surface area contributed by atoms with E-state index < -0.39 is 10.7 Å². The van der Waals surface area contributed by atoms with Gasteiger partial charge in [0.2, 0.25) is 5.78 Å². The minimum Gasteiger partial charge on any atom is -0.359 e. The van der Waals surface area contributed by atoms with Gasteiger partial charge in [-0.3, -0.25) is 14.9 Å². The number of nitro benzene ring substituents is 1. The SMILES string of the molecule is CC1CC(c2ccccc2F)N(c2ccc(C(=O)c3nccn3C)cc2[N+](=O)[O-])C1. The van der Waals surface area contributed by atoms with E-state index in [0.29, 0.717) is 24.2 Å². The second-order valence-corrected chi connectivity index (χ2v) is 7.68. The number of benzene rings is 2. The number of ketones is 1. The van der Waals surface area contributed by atoms with Crippen LogP contribution in [0.5, 0.6) is 0 Å². The summed E-state index contributed by atoms with van der Waals surface area (Å²) < 4.78 is 16.0. The molecule has 2 atom stereocenters. The molecule has 0 N–H and O–H groups in total. The number of carbonyl (C=O) groups excluding carboxylic acids is 1. The average molecular weight is 408 g/mol. The summed E-state index contributed by atoms with van der Waals surface area (Å²) >= 11 is 0. The summed E-state index contributed by atoms with van der Waals surface area (Å²) in [6, 6.07) is 10.6. The van der Waals surface area contributed by atoms with Crippen LogP contribution in [0.15, 0.2) is 54.9 Å². The molecule has 30 heavy (non-hydrogen) atoms. The maximum absolute atomic E-state index is 14.5. The van der Waals surface area contributed by atoms with Crippen LogP contribution in [-0.4, -0.2) is 26.8 Å². The summed E-state index contributed by atoms with van der Waals surface area (Å²) in [6.07, 6.45) is 3.83. The molecule has 1 aliphatic heterocycles. The third-order valence-corrected chi connectivity index (χ3v) is 5.54. The lowest BCUT2D eigenvalue weighted by atomic mass is 10.00. The van der Waals surface area contributed by atoms with Crippen molar-refractivity contribution in [2.75, 3.05) is 11.4 Å². The van der Waals surface area contributed by atoms with E-state index in [1.54, 1.807) is 48.1 Å². The molecule has 2 heterocycles. The number of anilines is 1. The van der Waals surface area contributed by atoms with E-state index in [0.717, 1.165) is 0 Å². The van der Waals surface area contributed by atoms with Crippen LogP contribution in [0, 0.1) is 21.8 Å². The van der Waals surface area contributed by atoms with Crippen LogP contribution in [0.3, 0.4) is 0 Å². The smallest absolute Gasteiger partial charge is 0.293 e. The molecule has 2 aromatic carbocycles. The fourth-order valence-electron chi connectivity index (χ4n) is 4.12. The monoisotopic (exact) mass is 408 g/mol. The van der Waals surface area contributed by atoms with Crippen molar-refractivity contribution in [2.24, 2.45) is 13.0 Å². The van der Waals surface area contributed by atoms with Crippen LogP contribution in [0.4, 0.5) is 15.8 Å². The zero-order valence-corrected chi connectivity index (χ0v) is 16.7. The number of nitrogens with zero attached hydrogens (tertiary/aromatic N) is 4. The summed E-state index contributed by atoms with van der Waals surface area (Å²) in [5, 5.41) is 11.9. The lowest BCUT2D eigenvalue weighted by Crippen LogP contribution is -2.25. The standard InChI is InChI=1S/C22H21FN4O3/c1-14-11-19(16-5-3-4-6-17(16)23)26(13-14)18-8-7-15(12-20(18)27(29)30)21(28)22-24-9-10-25(22)2/h3-10,12,14,19H,11,13H2,1-2H3. The fraction of sp³-hybridized carbons (Fsp3) is 0.273. The molecular formula is C22H21FN4O3. The number of hydrogen-bond donors (Lipinski definition) is 0. The van der Waals surface area contributed by atoms with E-state index in [1.165, 1.54) is 18.3 Å². The first-order valence-electron chi connectivity index (χ1n) is 9.68. The number of imidazole rings is 1. The predicted molar refractivity (Wildman–Crippen MR) is 110 cm³/mol. The average Bonchev–Trinajstić information content (AvgIpc) is 3.32. The Morgan fingerprint density at radius 3 is 2.70 bits per heavy atom. The summed E-state index contributed by atoms with van der Waals surface area (Å²) in [4.78, 5) is 30.0. The van der Waals surface area contributed by atoms with E-state index in [-0.39, 0.29) is 34.9 Å². The van der Waals surface area contributed by atoms with Gasteiger partial charge in [-0.25, -0.2) is 9.37 Å².